The summed E-state index contributed by atoms with van der Waals surface area (Å²) in [6, 6.07) is 0. The number of hydrogen-bond acceptors (Lipinski definition) is 3. The molecular weight excluding hydrogens is 168 g/mol. The van der Waals surface area contributed by atoms with E-state index in [2.05, 4.69) is 4.72 Å². The van der Waals surface area contributed by atoms with E-state index in [1.54, 1.807) is 0 Å². The third-order valence-corrected chi connectivity index (χ3v) is 1.40. The van der Waals surface area contributed by atoms with E-state index in [1.807, 2.05) is 0 Å². The summed E-state index contributed by atoms with van der Waals surface area (Å²) < 4.78 is 25.6. The van der Waals surface area contributed by atoms with Crippen LogP contribution in [0.1, 0.15) is 6.42 Å². The highest BCUT2D eigenvalue weighted by Gasteiger charge is 1.90. The van der Waals surface area contributed by atoms with Gasteiger partial charge in [-0.25, -0.2) is 8.93 Å². The van der Waals surface area contributed by atoms with Crippen molar-refractivity contribution in [1.29, 1.82) is 0 Å². The van der Waals surface area contributed by atoms with E-state index in [0.29, 0.717) is 32.7 Å². The number of rotatable bonds is 7. The number of nitrogens with one attached hydrogen (secondary N) is 1. The molecule has 1 atom stereocenters. The minimum Gasteiger partial charge on any atom is -0.380 e. The normalized spacial score (nSPS) is 13.3. The lowest BCUT2D eigenvalue weighted by Gasteiger charge is -2.01. The van der Waals surface area contributed by atoms with Crippen molar-refractivity contribution in [2.75, 3.05) is 26.3 Å². The molecule has 0 aromatic heterocycles. The Balaban J connectivity index is 2.85. The third kappa shape index (κ3) is 9.99. The van der Waals surface area contributed by atoms with Crippen LogP contribution in [-0.4, -0.2) is 35.1 Å². The molecule has 0 heterocycles. The van der Waals surface area contributed by atoms with Crippen molar-refractivity contribution in [3.05, 3.63) is 0 Å². The van der Waals surface area contributed by atoms with Crippen molar-refractivity contribution >= 4 is 11.3 Å². The molecule has 0 aliphatic carbocycles. The van der Waals surface area contributed by atoms with Gasteiger partial charge in [0.05, 0.1) is 6.61 Å². The summed E-state index contributed by atoms with van der Waals surface area (Å²) in [5.74, 6) is 0. The van der Waals surface area contributed by atoms with Crippen LogP contribution in [0.5, 0.6) is 0 Å². The van der Waals surface area contributed by atoms with Crippen LogP contribution in [0, 0.1) is 0 Å². The Morgan fingerprint density at radius 1 is 1.55 bits per heavy atom. The lowest BCUT2D eigenvalue weighted by atomic mass is 10.5. The number of hydrogen-bond donors (Lipinski definition) is 3. The molecule has 0 rings (SSSR count). The molecule has 0 aliphatic rings. The van der Waals surface area contributed by atoms with Crippen molar-refractivity contribution < 1.29 is 13.5 Å². The fourth-order valence-corrected chi connectivity index (χ4v) is 0.838. The molecule has 68 valence electrons. The zero-order valence-corrected chi connectivity index (χ0v) is 7.10. The molecule has 0 amide bonds. The van der Waals surface area contributed by atoms with Gasteiger partial charge < -0.3 is 10.5 Å². The minimum atomic E-state index is -1.90. The van der Waals surface area contributed by atoms with Crippen molar-refractivity contribution in [2.24, 2.45) is 5.73 Å². The molecule has 0 aromatic carbocycles. The second kappa shape index (κ2) is 8.09. The second-order valence-corrected chi connectivity index (χ2v) is 2.69. The first-order valence-corrected chi connectivity index (χ1v) is 4.50. The standard InChI is InChI=1S/C5H14N2O3S/c6-2-5-10-4-1-3-7-11(8)9/h7H,1-6H2,(H,8,9). The van der Waals surface area contributed by atoms with Gasteiger partial charge in [-0.1, -0.05) is 0 Å². The van der Waals surface area contributed by atoms with E-state index in [-0.39, 0.29) is 0 Å². The van der Waals surface area contributed by atoms with Crippen LogP contribution in [0.3, 0.4) is 0 Å². The fraction of sp³-hybridized carbons (Fsp3) is 1.00. The summed E-state index contributed by atoms with van der Waals surface area (Å²) in [7, 11) is 0. The van der Waals surface area contributed by atoms with E-state index in [9.17, 15) is 4.21 Å². The minimum absolute atomic E-state index is 0.480. The zero-order valence-electron chi connectivity index (χ0n) is 6.28. The van der Waals surface area contributed by atoms with Gasteiger partial charge in [0, 0.05) is 19.7 Å². The first-order valence-electron chi connectivity index (χ1n) is 3.39. The molecule has 0 saturated carbocycles. The van der Waals surface area contributed by atoms with Gasteiger partial charge in [-0.05, 0) is 6.42 Å². The molecule has 0 fully saturated rings. The summed E-state index contributed by atoms with van der Waals surface area (Å²) in [6.45, 7) is 2.11. The van der Waals surface area contributed by atoms with Crippen molar-refractivity contribution in [2.45, 2.75) is 6.42 Å². The van der Waals surface area contributed by atoms with Crippen LogP contribution in [0.25, 0.3) is 0 Å². The Hall–Kier alpha value is -0.0100. The maximum atomic E-state index is 10.0. The first kappa shape index (κ1) is 11.0. The first-order chi connectivity index (χ1) is 5.27. The summed E-state index contributed by atoms with van der Waals surface area (Å²) >= 11 is -1.90. The van der Waals surface area contributed by atoms with Gasteiger partial charge >= 0.3 is 0 Å². The summed E-state index contributed by atoms with van der Waals surface area (Å²) in [4.78, 5) is 0. The van der Waals surface area contributed by atoms with Crippen LogP contribution in [-0.2, 0) is 16.0 Å². The van der Waals surface area contributed by atoms with Gasteiger partial charge in [0.25, 0.3) is 0 Å². The van der Waals surface area contributed by atoms with Gasteiger partial charge in [0.2, 0.25) is 11.3 Å². The van der Waals surface area contributed by atoms with Gasteiger partial charge in [-0.2, -0.15) is 0 Å². The second-order valence-electron chi connectivity index (χ2n) is 1.90. The number of nitrogens with two attached hydrogens (primary N) is 1. The van der Waals surface area contributed by atoms with E-state index >= 15 is 0 Å². The summed E-state index contributed by atoms with van der Waals surface area (Å²) in [5, 5.41) is 0. The molecular formula is C5H14N2O3S. The van der Waals surface area contributed by atoms with Crippen LogP contribution in [0.15, 0.2) is 0 Å². The molecule has 6 heteroatoms. The van der Waals surface area contributed by atoms with Crippen LogP contribution in [0.4, 0.5) is 0 Å². The SMILES string of the molecule is NCCOCCCNS(=O)O. The molecule has 0 radical (unpaired) electrons. The molecule has 4 N–H and O–H groups in total. The highest BCUT2D eigenvalue weighted by molar-refractivity contribution is 7.77. The summed E-state index contributed by atoms with van der Waals surface area (Å²) in [6.07, 6.45) is 0.715. The lowest BCUT2D eigenvalue weighted by Crippen LogP contribution is -2.19. The number of ether oxygens (including phenoxy) is 1. The smallest absolute Gasteiger partial charge is 0.231 e. The molecule has 1 unspecified atom stereocenters. The van der Waals surface area contributed by atoms with Gasteiger partial charge in [0.15, 0.2) is 0 Å². The molecule has 0 bridgehead atoms. The Morgan fingerprint density at radius 2 is 2.27 bits per heavy atom. The largest absolute Gasteiger partial charge is 0.380 e. The average Bonchev–Trinajstić information content (AvgIpc) is 1.96. The quantitative estimate of drug-likeness (QED) is 0.351. The summed E-state index contributed by atoms with van der Waals surface area (Å²) in [5.41, 5.74) is 5.16. The topological polar surface area (TPSA) is 84.6 Å². The third-order valence-electron chi connectivity index (χ3n) is 0.953. The molecule has 0 aromatic rings. The van der Waals surface area contributed by atoms with Crippen molar-refractivity contribution in [3.8, 4) is 0 Å². The lowest BCUT2D eigenvalue weighted by molar-refractivity contribution is 0.140. The molecule has 11 heavy (non-hydrogen) atoms. The average molecular weight is 182 g/mol. The predicted octanol–water partition coefficient (Wildman–Crippen LogP) is -0.922. The monoisotopic (exact) mass is 182 g/mol. The van der Waals surface area contributed by atoms with E-state index < -0.39 is 11.3 Å². The predicted molar refractivity (Wildman–Crippen MR) is 43.3 cm³/mol. The fourth-order valence-electron chi connectivity index (χ4n) is 0.519. The van der Waals surface area contributed by atoms with Gasteiger partial charge in [-0.3, -0.25) is 4.55 Å². The Bertz CT molecular complexity index is 112. The van der Waals surface area contributed by atoms with Crippen LogP contribution < -0.4 is 10.5 Å². The molecule has 0 spiro atoms. The Kier molecular flexibility index (Phi) is 8.08. The van der Waals surface area contributed by atoms with Crippen molar-refractivity contribution in [3.63, 3.8) is 0 Å². The molecule has 5 nitrogen and oxygen atoms in total. The van der Waals surface area contributed by atoms with Gasteiger partial charge in [0.1, 0.15) is 0 Å². The van der Waals surface area contributed by atoms with Gasteiger partial charge in [-0.15, -0.1) is 0 Å². The Morgan fingerprint density at radius 3 is 2.82 bits per heavy atom. The highest BCUT2D eigenvalue weighted by atomic mass is 32.2. The molecule has 0 saturated heterocycles. The van der Waals surface area contributed by atoms with E-state index in [4.69, 9.17) is 15.0 Å². The highest BCUT2D eigenvalue weighted by Crippen LogP contribution is 1.79. The zero-order chi connectivity index (χ0) is 8.53. The van der Waals surface area contributed by atoms with E-state index in [1.165, 1.54) is 0 Å². The molecule has 0 aliphatic heterocycles. The maximum Gasteiger partial charge on any atom is 0.231 e. The Labute approximate surface area is 68.7 Å². The van der Waals surface area contributed by atoms with Crippen LogP contribution in [0.2, 0.25) is 0 Å². The van der Waals surface area contributed by atoms with Crippen molar-refractivity contribution in [1.82, 2.24) is 4.72 Å². The maximum absolute atomic E-state index is 10.0. The van der Waals surface area contributed by atoms with E-state index in [0.717, 1.165) is 0 Å². The van der Waals surface area contributed by atoms with Crippen LogP contribution >= 0.6 is 0 Å².